The van der Waals surface area contributed by atoms with Crippen LogP contribution in [-0.2, 0) is 10.5 Å². The van der Waals surface area contributed by atoms with E-state index in [0.29, 0.717) is 33.2 Å². The standard InChI is InChI=1S/C20H18ClN5OS/c1-12-16(18(22)27)17(13-7-3-2-4-8-13)26-19(23-12)24-20(25-26)28-11-14-9-5-6-10-15(14)21/h2-10,17H,11H2,1H3,(H2,22,27)(H,23,24,25). The fourth-order valence-corrected chi connectivity index (χ4v) is 4.33. The summed E-state index contributed by atoms with van der Waals surface area (Å²) in [6.07, 6.45) is 0. The van der Waals surface area contributed by atoms with Crippen LogP contribution in [0, 0.1) is 0 Å². The number of nitrogens with two attached hydrogens (primary N) is 1. The zero-order valence-electron chi connectivity index (χ0n) is 15.1. The van der Waals surface area contributed by atoms with Crippen molar-refractivity contribution in [1.82, 2.24) is 14.8 Å². The molecule has 1 aliphatic rings. The number of benzene rings is 2. The topological polar surface area (TPSA) is 85.8 Å². The molecule has 2 aromatic carbocycles. The second-order valence-electron chi connectivity index (χ2n) is 6.38. The van der Waals surface area contributed by atoms with Crippen LogP contribution in [0.15, 0.2) is 71.0 Å². The lowest BCUT2D eigenvalue weighted by Crippen LogP contribution is -2.31. The highest BCUT2D eigenvalue weighted by molar-refractivity contribution is 7.98. The van der Waals surface area contributed by atoms with E-state index in [9.17, 15) is 4.79 Å². The van der Waals surface area contributed by atoms with E-state index in [1.54, 1.807) is 4.68 Å². The maximum atomic E-state index is 12.2. The third-order valence-electron chi connectivity index (χ3n) is 4.53. The molecule has 0 saturated heterocycles. The van der Waals surface area contributed by atoms with E-state index in [1.807, 2.05) is 61.5 Å². The molecule has 6 nitrogen and oxygen atoms in total. The first-order valence-electron chi connectivity index (χ1n) is 8.70. The summed E-state index contributed by atoms with van der Waals surface area (Å²) >= 11 is 7.73. The molecule has 3 N–H and O–H groups in total. The normalized spacial score (nSPS) is 15.9. The van der Waals surface area contributed by atoms with E-state index in [0.717, 1.165) is 11.1 Å². The highest BCUT2D eigenvalue weighted by Crippen LogP contribution is 2.36. The largest absolute Gasteiger partial charge is 0.366 e. The third kappa shape index (κ3) is 3.50. The Balaban J connectivity index is 1.68. The molecule has 1 aromatic heterocycles. The number of nitrogens with one attached hydrogen (secondary N) is 1. The molecule has 0 saturated carbocycles. The maximum absolute atomic E-state index is 12.2. The summed E-state index contributed by atoms with van der Waals surface area (Å²) in [7, 11) is 0. The zero-order chi connectivity index (χ0) is 19.7. The van der Waals surface area contributed by atoms with Gasteiger partial charge in [-0.05, 0) is 24.1 Å². The number of amides is 1. The van der Waals surface area contributed by atoms with E-state index in [2.05, 4.69) is 15.4 Å². The number of fused-ring (bicyclic) bond motifs is 1. The quantitative estimate of drug-likeness (QED) is 0.620. The van der Waals surface area contributed by atoms with Crippen LogP contribution >= 0.6 is 23.4 Å². The molecule has 0 fully saturated rings. The molecule has 2 heterocycles. The van der Waals surface area contributed by atoms with Gasteiger partial charge >= 0.3 is 0 Å². The maximum Gasteiger partial charge on any atom is 0.248 e. The van der Waals surface area contributed by atoms with Gasteiger partial charge in [0.05, 0.1) is 5.57 Å². The minimum atomic E-state index is -0.481. The number of carbonyl (C=O) groups is 1. The third-order valence-corrected chi connectivity index (χ3v) is 5.78. The summed E-state index contributed by atoms with van der Waals surface area (Å²) in [5.74, 6) is 0.747. The minimum absolute atomic E-state index is 0.419. The van der Waals surface area contributed by atoms with Gasteiger partial charge < -0.3 is 11.1 Å². The molecule has 0 spiro atoms. The monoisotopic (exact) mass is 411 g/mol. The van der Waals surface area contributed by atoms with Gasteiger partial charge in [-0.15, -0.1) is 5.10 Å². The molecule has 0 aliphatic carbocycles. The van der Waals surface area contributed by atoms with Crippen molar-refractivity contribution in [3.05, 3.63) is 82.0 Å². The number of carbonyl (C=O) groups excluding carboxylic acids is 1. The number of aromatic nitrogens is 3. The van der Waals surface area contributed by atoms with Crippen LogP contribution in [-0.4, -0.2) is 20.7 Å². The second-order valence-corrected chi connectivity index (χ2v) is 7.73. The number of rotatable bonds is 5. The average molecular weight is 412 g/mol. The first-order valence-corrected chi connectivity index (χ1v) is 10.1. The van der Waals surface area contributed by atoms with E-state index in [4.69, 9.17) is 17.3 Å². The Morgan fingerprint density at radius 3 is 2.64 bits per heavy atom. The zero-order valence-corrected chi connectivity index (χ0v) is 16.7. The van der Waals surface area contributed by atoms with Crippen molar-refractivity contribution >= 4 is 35.2 Å². The lowest BCUT2D eigenvalue weighted by atomic mass is 9.95. The van der Waals surface area contributed by atoms with Gasteiger partial charge in [0.1, 0.15) is 6.04 Å². The number of primary amides is 1. The van der Waals surface area contributed by atoms with Crippen LogP contribution in [0.2, 0.25) is 5.02 Å². The van der Waals surface area contributed by atoms with Crippen molar-refractivity contribution in [3.8, 4) is 0 Å². The first-order chi connectivity index (χ1) is 13.5. The highest BCUT2D eigenvalue weighted by Gasteiger charge is 2.33. The second kappa shape index (κ2) is 7.69. The van der Waals surface area contributed by atoms with Crippen LogP contribution < -0.4 is 11.1 Å². The molecule has 8 heteroatoms. The predicted molar refractivity (Wildman–Crippen MR) is 111 cm³/mol. The lowest BCUT2D eigenvalue weighted by molar-refractivity contribution is -0.115. The lowest BCUT2D eigenvalue weighted by Gasteiger charge is -2.27. The Labute approximate surface area is 171 Å². The number of allylic oxidation sites excluding steroid dienone is 1. The van der Waals surface area contributed by atoms with Crippen molar-refractivity contribution in [2.24, 2.45) is 5.73 Å². The number of hydrogen-bond acceptors (Lipinski definition) is 5. The summed E-state index contributed by atoms with van der Waals surface area (Å²) in [6, 6.07) is 17.0. The molecule has 1 amide bonds. The summed E-state index contributed by atoms with van der Waals surface area (Å²) in [5, 5.41) is 9.11. The summed E-state index contributed by atoms with van der Waals surface area (Å²) in [6.45, 7) is 1.82. The Morgan fingerprint density at radius 2 is 1.93 bits per heavy atom. The Kier molecular flexibility index (Phi) is 5.11. The first kappa shape index (κ1) is 18.6. The van der Waals surface area contributed by atoms with Gasteiger partial charge in [0.2, 0.25) is 17.0 Å². The van der Waals surface area contributed by atoms with Crippen molar-refractivity contribution in [2.75, 3.05) is 5.32 Å². The molecule has 0 bridgehead atoms. The molecular formula is C20H18ClN5OS. The van der Waals surface area contributed by atoms with E-state index in [1.165, 1.54) is 11.8 Å². The molecule has 28 heavy (non-hydrogen) atoms. The van der Waals surface area contributed by atoms with Crippen LogP contribution in [0.5, 0.6) is 0 Å². The van der Waals surface area contributed by atoms with Crippen molar-refractivity contribution in [1.29, 1.82) is 0 Å². The molecule has 4 rings (SSSR count). The van der Waals surface area contributed by atoms with Crippen LogP contribution in [0.1, 0.15) is 24.1 Å². The Bertz CT molecular complexity index is 1060. The van der Waals surface area contributed by atoms with Gasteiger partial charge in [-0.25, -0.2) is 4.68 Å². The molecule has 0 radical (unpaired) electrons. The molecule has 3 aromatic rings. The van der Waals surface area contributed by atoms with Crippen LogP contribution in [0.25, 0.3) is 0 Å². The van der Waals surface area contributed by atoms with E-state index >= 15 is 0 Å². The number of thioether (sulfide) groups is 1. The SMILES string of the molecule is CC1=C(C(N)=O)C(c2ccccc2)n2nc(SCc3ccccc3Cl)nc2N1. The average Bonchev–Trinajstić information content (AvgIpc) is 3.09. The van der Waals surface area contributed by atoms with Gasteiger partial charge in [-0.2, -0.15) is 4.98 Å². The summed E-state index contributed by atoms with van der Waals surface area (Å²) in [5.41, 5.74) is 8.78. The molecule has 1 atom stereocenters. The fraction of sp³-hybridized carbons (Fsp3) is 0.150. The van der Waals surface area contributed by atoms with Gasteiger partial charge in [-0.1, -0.05) is 71.9 Å². The smallest absolute Gasteiger partial charge is 0.248 e. The molecule has 1 aliphatic heterocycles. The number of hydrogen-bond donors (Lipinski definition) is 2. The molecule has 142 valence electrons. The fourth-order valence-electron chi connectivity index (χ4n) is 3.21. The van der Waals surface area contributed by atoms with E-state index < -0.39 is 11.9 Å². The van der Waals surface area contributed by atoms with Gasteiger partial charge in [-0.3, -0.25) is 4.79 Å². The van der Waals surface area contributed by atoms with Crippen molar-refractivity contribution < 1.29 is 4.79 Å². The highest BCUT2D eigenvalue weighted by atomic mass is 35.5. The van der Waals surface area contributed by atoms with Crippen molar-refractivity contribution in [3.63, 3.8) is 0 Å². The number of anilines is 1. The van der Waals surface area contributed by atoms with Crippen LogP contribution in [0.4, 0.5) is 5.95 Å². The van der Waals surface area contributed by atoms with Crippen molar-refractivity contribution in [2.45, 2.75) is 23.9 Å². The van der Waals surface area contributed by atoms with Gasteiger partial charge in [0.15, 0.2) is 0 Å². The van der Waals surface area contributed by atoms with Gasteiger partial charge in [0.25, 0.3) is 0 Å². The molecule has 1 unspecified atom stereocenters. The summed E-state index contributed by atoms with van der Waals surface area (Å²) < 4.78 is 1.72. The molecular weight excluding hydrogens is 394 g/mol. The summed E-state index contributed by atoms with van der Waals surface area (Å²) in [4.78, 5) is 16.7. The minimum Gasteiger partial charge on any atom is -0.366 e. The van der Waals surface area contributed by atoms with Crippen LogP contribution in [0.3, 0.4) is 0 Å². The Hall–Kier alpha value is -2.77. The predicted octanol–water partition coefficient (Wildman–Crippen LogP) is 4.00. The van der Waals surface area contributed by atoms with Gasteiger partial charge in [0, 0.05) is 16.5 Å². The van der Waals surface area contributed by atoms with E-state index in [-0.39, 0.29) is 0 Å². The number of halogens is 1. The number of nitrogens with zero attached hydrogens (tertiary/aromatic N) is 3. The Morgan fingerprint density at radius 1 is 1.21 bits per heavy atom.